The Morgan fingerprint density at radius 1 is 1.21 bits per heavy atom. The summed E-state index contributed by atoms with van der Waals surface area (Å²) in [6.07, 6.45) is 0. The Bertz CT molecular complexity index is 1380. The predicted molar refractivity (Wildman–Crippen MR) is 129 cm³/mol. The Morgan fingerprint density at radius 3 is 2.62 bits per heavy atom. The lowest BCUT2D eigenvalue weighted by molar-refractivity contribution is -0.385. The third-order valence-electron chi connectivity index (χ3n) is 5.79. The zero-order valence-electron chi connectivity index (χ0n) is 17.6. The van der Waals surface area contributed by atoms with Gasteiger partial charge < -0.3 is 14.8 Å². The Balaban J connectivity index is 1.63. The number of hydrogen-bond donors (Lipinski definition) is 2. The first-order valence-electron chi connectivity index (χ1n) is 10.3. The molecule has 1 fully saturated rings. The van der Waals surface area contributed by atoms with Gasteiger partial charge in [-0.15, -0.1) is 11.3 Å². The highest BCUT2D eigenvalue weighted by Gasteiger charge is 2.56. The number of rotatable bonds is 5. The molecular weight excluding hydrogens is 498 g/mol. The molecule has 0 bridgehead atoms. The van der Waals surface area contributed by atoms with E-state index in [1.54, 1.807) is 24.3 Å². The molecule has 3 atom stereocenters. The third-order valence-corrected chi connectivity index (χ3v) is 8.54. The van der Waals surface area contributed by atoms with Crippen molar-refractivity contribution in [1.82, 2.24) is 4.98 Å². The third kappa shape index (κ3) is 3.58. The van der Waals surface area contributed by atoms with Crippen LogP contribution in [-0.2, 0) is 9.59 Å². The monoisotopic (exact) mass is 515 g/mol. The second kappa shape index (κ2) is 8.53. The summed E-state index contributed by atoms with van der Waals surface area (Å²) in [6.45, 7) is 2.34. The number of nitro groups is 1. The lowest BCUT2D eigenvalue weighted by Crippen LogP contribution is -2.32. The van der Waals surface area contributed by atoms with Gasteiger partial charge in [-0.2, -0.15) is 0 Å². The number of imide groups is 1. The van der Waals surface area contributed by atoms with E-state index in [4.69, 9.17) is 17.0 Å². The molecule has 9 nitrogen and oxygen atoms in total. The van der Waals surface area contributed by atoms with E-state index in [0.29, 0.717) is 31.9 Å². The number of nitrogens with zero attached hydrogens (tertiary/aromatic N) is 2. The second-order valence-corrected chi connectivity index (χ2v) is 10.6. The number of anilines is 1. The number of nitro benzene ring substituents is 1. The number of fused-ring (bicyclic) bond motifs is 2. The number of amides is 2. The van der Waals surface area contributed by atoms with E-state index in [0.717, 1.165) is 4.90 Å². The van der Waals surface area contributed by atoms with Crippen molar-refractivity contribution in [2.75, 3.05) is 11.5 Å². The summed E-state index contributed by atoms with van der Waals surface area (Å²) in [5.74, 6) is -2.05. The number of aromatic nitrogens is 1. The van der Waals surface area contributed by atoms with Crippen LogP contribution in [0.15, 0.2) is 47.5 Å². The summed E-state index contributed by atoms with van der Waals surface area (Å²) < 4.78 is 5.90. The smallest absolute Gasteiger partial charge is 0.269 e. The molecule has 3 aromatic rings. The topological polar surface area (TPSA) is 126 Å². The Labute approximate surface area is 206 Å². The molecule has 2 aliphatic rings. The normalized spacial score (nSPS) is 21.3. The zero-order chi connectivity index (χ0) is 24.1. The van der Waals surface area contributed by atoms with Crippen LogP contribution >= 0.6 is 35.3 Å². The molecule has 1 aromatic heterocycles. The van der Waals surface area contributed by atoms with Gasteiger partial charge in [-0.05, 0) is 49.5 Å². The lowest BCUT2D eigenvalue weighted by Gasteiger charge is -2.30. The summed E-state index contributed by atoms with van der Waals surface area (Å²) in [5.41, 5.74) is 0.404. The molecule has 5 rings (SSSR count). The predicted octanol–water partition coefficient (Wildman–Crippen LogP) is 4.61. The quantitative estimate of drug-likeness (QED) is 0.218. The first kappa shape index (κ1) is 22.6. The molecule has 0 saturated carbocycles. The number of carbonyl (C=O) groups is 2. The number of aromatic hydroxyl groups is 1. The van der Waals surface area contributed by atoms with Crippen molar-refractivity contribution in [3.8, 4) is 11.5 Å². The summed E-state index contributed by atoms with van der Waals surface area (Å²) >= 11 is 7.75. The fraction of sp³-hybridized carbons (Fsp3) is 0.227. The van der Waals surface area contributed by atoms with Crippen molar-refractivity contribution in [1.29, 1.82) is 0 Å². The van der Waals surface area contributed by atoms with Crippen molar-refractivity contribution in [2.45, 2.75) is 23.1 Å². The van der Waals surface area contributed by atoms with Gasteiger partial charge in [-0.3, -0.25) is 19.7 Å². The maximum absolute atomic E-state index is 13.7. The average molecular weight is 516 g/mol. The van der Waals surface area contributed by atoms with E-state index in [9.17, 15) is 24.8 Å². The minimum atomic E-state index is -0.870. The number of hydrogen-bond acceptors (Lipinski definition) is 9. The summed E-state index contributed by atoms with van der Waals surface area (Å²) in [4.78, 5) is 42.9. The number of non-ortho nitro benzene ring substituents is 1. The van der Waals surface area contributed by atoms with Crippen molar-refractivity contribution < 1.29 is 24.4 Å². The molecule has 0 unspecified atom stereocenters. The molecule has 2 amide bonds. The van der Waals surface area contributed by atoms with E-state index in [1.807, 2.05) is 6.92 Å². The molecular formula is C22H17N3O6S3. The SMILES string of the molecule is CCOc1ccc(N2C(=O)[C@H]3[C@H](c4cc([N+](=O)[O-])ccc4O)c4sc(=S)[nH]c4S[C@@H]3C2=O)cc1. The van der Waals surface area contributed by atoms with Crippen LogP contribution in [0.4, 0.5) is 11.4 Å². The fourth-order valence-corrected chi connectivity index (χ4v) is 7.32. The van der Waals surface area contributed by atoms with Crippen LogP contribution in [0.1, 0.15) is 23.3 Å². The summed E-state index contributed by atoms with van der Waals surface area (Å²) in [5, 5.41) is 21.9. The van der Waals surface area contributed by atoms with Crippen LogP contribution in [0.25, 0.3) is 0 Å². The molecule has 0 radical (unpaired) electrons. The van der Waals surface area contributed by atoms with Crippen LogP contribution in [0, 0.1) is 20.0 Å². The summed E-state index contributed by atoms with van der Waals surface area (Å²) in [6, 6.07) is 10.4. The molecule has 2 aliphatic heterocycles. The van der Waals surface area contributed by atoms with Gasteiger partial charge in [0.1, 0.15) is 16.7 Å². The number of H-pyrrole nitrogens is 1. The number of benzene rings is 2. The van der Waals surface area contributed by atoms with Crippen molar-refractivity contribution in [3.05, 3.63) is 67.0 Å². The summed E-state index contributed by atoms with van der Waals surface area (Å²) in [7, 11) is 0. The van der Waals surface area contributed by atoms with E-state index in [-0.39, 0.29) is 17.0 Å². The average Bonchev–Trinajstić information content (AvgIpc) is 3.30. The van der Waals surface area contributed by atoms with E-state index < -0.39 is 33.8 Å². The first-order valence-corrected chi connectivity index (χ1v) is 12.4. The first-order chi connectivity index (χ1) is 16.3. The highest BCUT2D eigenvalue weighted by molar-refractivity contribution is 8.01. The Morgan fingerprint density at radius 2 is 1.94 bits per heavy atom. The van der Waals surface area contributed by atoms with Crippen molar-refractivity contribution in [3.63, 3.8) is 0 Å². The van der Waals surface area contributed by atoms with Gasteiger partial charge in [0.2, 0.25) is 11.8 Å². The second-order valence-electron chi connectivity index (χ2n) is 7.69. The number of carbonyl (C=O) groups excluding carboxylic acids is 2. The molecule has 0 spiro atoms. The maximum atomic E-state index is 13.7. The molecule has 2 aromatic carbocycles. The number of aromatic amines is 1. The molecule has 3 heterocycles. The molecule has 0 aliphatic carbocycles. The Kier molecular flexibility index (Phi) is 5.66. The lowest BCUT2D eigenvalue weighted by atomic mass is 9.82. The van der Waals surface area contributed by atoms with Crippen LogP contribution in [0.5, 0.6) is 11.5 Å². The number of phenols is 1. The number of thiazole rings is 1. The highest BCUT2D eigenvalue weighted by atomic mass is 32.2. The maximum Gasteiger partial charge on any atom is 0.269 e. The molecule has 34 heavy (non-hydrogen) atoms. The molecule has 12 heteroatoms. The fourth-order valence-electron chi connectivity index (χ4n) is 4.37. The van der Waals surface area contributed by atoms with Gasteiger partial charge in [0.25, 0.3) is 5.69 Å². The number of nitrogens with one attached hydrogen (secondary N) is 1. The number of phenolic OH excluding ortho intramolecular Hbond substituents is 1. The largest absolute Gasteiger partial charge is 0.508 e. The van der Waals surface area contributed by atoms with Crippen LogP contribution < -0.4 is 9.64 Å². The zero-order valence-corrected chi connectivity index (χ0v) is 20.0. The highest BCUT2D eigenvalue weighted by Crippen LogP contribution is 2.55. The van der Waals surface area contributed by atoms with Gasteiger partial charge in [0.15, 0.2) is 3.95 Å². The van der Waals surface area contributed by atoms with Gasteiger partial charge in [0, 0.05) is 28.5 Å². The van der Waals surface area contributed by atoms with Crippen LogP contribution in [0.3, 0.4) is 0 Å². The molecule has 1 saturated heterocycles. The minimum Gasteiger partial charge on any atom is -0.508 e. The van der Waals surface area contributed by atoms with Crippen molar-refractivity contribution in [2.24, 2.45) is 5.92 Å². The van der Waals surface area contributed by atoms with Gasteiger partial charge >= 0.3 is 0 Å². The minimum absolute atomic E-state index is 0.189. The van der Waals surface area contributed by atoms with Gasteiger partial charge in [-0.1, -0.05) is 11.8 Å². The van der Waals surface area contributed by atoms with Crippen LogP contribution in [0.2, 0.25) is 0 Å². The number of thioether (sulfide) groups is 1. The Hall–Kier alpha value is -3.22. The van der Waals surface area contributed by atoms with Crippen molar-refractivity contribution >= 4 is 58.5 Å². The van der Waals surface area contributed by atoms with E-state index in [1.165, 1.54) is 41.3 Å². The standard InChI is InChI=1S/C22H17N3O6S3/c1-2-31-12-6-3-10(4-7-12)24-20(27)16-15(13-9-11(25(29)30)5-8-14(13)26)17-19(23-22(32)34-17)33-18(16)21(24)28/h3-9,15-16,18,26H,2H2,1H3,(H,23,32)/t15-,16-,18-/m0/s1. The number of ether oxygens (including phenoxy) is 1. The van der Waals surface area contributed by atoms with E-state index in [2.05, 4.69) is 4.98 Å². The van der Waals surface area contributed by atoms with Gasteiger partial charge in [-0.25, -0.2) is 4.90 Å². The molecule has 2 N–H and O–H groups in total. The van der Waals surface area contributed by atoms with E-state index >= 15 is 0 Å². The molecule has 174 valence electrons. The van der Waals surface area contributed by atoms with Gasteiger partial charge in [0.05, 0.1) is 28.2 Å². The van der Waals surface area contributed by atoms with Crippen LogP contribution in [-0.4, -0.2) is 38.7 Å².